The van der Waals surface area contributed by atoms with Crippen LogP contribution >= 0.6 is 23.1 Å². The molecule has 0 saturated carbocycles. The first-order valence-corrected chi connectivity index (χ1v) is 10.2. The van der Waals surface area contributed by atoms with E-state index in [1.807, 2.05) is 66.2 Å². The van der Waals surface area contributed by atoms with Crippen LogP contribution in [0.2, 0.25) is 0 Å². The molecule has 4 aromatic rings. The molecule has 0 fully saturated rings. The van der Waals surface area contributed by atoms with Crippen LogP contribution in [-0.4, -0.2) is 31.4 Å². The van der Waals surface area contributed by atoms with E-state index in [0.29, 0.717) is 0 Å². The van der Waals surface area contributed by atoms with Crippen molar-refractivity contribution in [2.45, 2.75) is 10.4 Å². The standard InChI is InChI=1S/C19H17N5OS2/c1-24-15-10-6-5-9-14(15)21-18(24)17(13-7-3-2-4-8-13)22-16(25)11-26-19-23-20-12-27-19/h2-10,12,17H,11H2,1H3,(H,22,25). The van der Waals surface area contributed by atoms with Crippen molar-refractivity contribution in [1.82, 2.24) is 25.1 Å². The summed E-state index contributed by atoms with van der Waals surface area (Å²) in [4.78, 5) is 17.4. The number of para-hydroxylation sites is 2. The molecule has 0 aliphatic heterocycles. The summed E-state index contributed by atoms with van der Waals surface area (Å²) < 4.78 is 2.81. The van der Waals surface area contributed by atoms with E-state index >= 15 is 0 Å². The van der Waals surface area contributed by atoms with Gasteiger partial charge in [0.1, 0.15) is 17.4 Å². The van der Waals surface area contributed by atoms with Gasteiger partial charge in [0.15, 0.2) is 4.34 Å². The minimum Gasteiger partial charge on any atom is -0.341 e. The normalized spacial score (nSPS) is 12.2. The van der Waals surface area contributed by atoms with Gasteiger partial charge < -0.3 is 9.88 Å². The van der Waals surface area contributed by atoms with Crippen LogP contribution in [0.15, 0.2) is 64.4 Å². The minimum atomic E-state index is -0.328. The molecule has 8 heteroatoms. The molecule has 1 unspecified atom stereocenters. The number of nitrogens with one attached hydrogen (secondary N) is 1. The van der Waals surface area contributed by atoms with Crippen molar-refractivity contribution in [3.8, 4) is 0 Å². The van der Waals surface area contributed by atoms with Crippen molar-refractivity contribution in [2.24, 2.45) is 7.05 Å². The molecule has 1 amide bonds. The first-order valence-electron chi connectivity index (χ1n) is 8.37. The molecule has 2 aromatic heterocycles. The van der Waals surface area contributed by atoms with Crippen molar-refractivity contribution < 1.29 is 4.79 Å². The zero-order chi connectivity index (χ0) is 18.6. The van der Waals surface area contributed by atoms with Gasteiger partial charge in [0, 0.05) is 7.05 Å². The highest BCUT2D eigenvalue weighted by Crippen LogP contribution is 2.25. The lowest BCUT2D eigenvalue weighted by Crippen LogP contribution is -2.32. The van der Waals surface area contributed by atoms with Crippen molar-refractivity contribution in [3.05, 3.63) is 71.5 Å². The summed E-state index contributed by atoms with van der Waals surface area (Å²) in [6.07, 6.45) is 0. The highest BCUT2D eigenvalue weighted by molar-refractivity contribution is 8.01. The third-order valence-electron chi connectivity index (χ3n) is 4.18. The molecule has 1 atom stereocenters. The van der Waals surface area contributed by atoms with E-state index in [1.54, 1.807) is 5.51 Å². The maximum atomic E-state index is 12.6. The predicted molar refractivity (Wildman–Crippen MR) is 108 cm³/mol. The van der Waals surface area contributed by atoms with Gasteiger partial charge in [-0.25, -0.2) is 4.98 Å². The number of imidazole rings is 1. The summed E-state index contributed by atoms with van der Waals surface area (Å²) in [6, 6.07) is 17.5. The van der Waals surface area contributed by atoms with Crippen molar-refractivity contribution in [3.63, 3.8) is 0 Å². The van der Waals surface area contributed by atoms with Crippen LogP contribution in [0.3, 0.4) is 0 Å². The SMILES string of the molecule is Cn1c(C(NC(=O)CSc2nncs2)c2ccccc2)nc2ccccc21. The monoisotopic (exact) mass is 395 g/mol. The summed E-state index contributed by atoms with van der Waals surface area (Å²) >= 11 is 2.81. The lowest BCUT2D eigenvalue weighted by Gasteiger charge is -2.19. The second-order valence-corrected chi connectivity index (χ2v) is 7.98. The highest BCUT2D eigenvalue weighted by Gasteiger charge is 2.22. The van der Waals surface area contributed by atoms with Gasteiger partial charge in [0.05, 0.1) is 16.8 Å². The highest BCUT2D eigenvalue weighted by atomic mass is 32.2. The topological polar surface area (TPSA) is 72.7 Å². The third-order valence-corrected chi connectivity index (χ3v) is 6.05. The second kappa shape index (κ2) is 7.89. The predicted octanol–water partition coefficient (Wildman–Crippen LogP) is 3.42. The number of carbonyl (C=O) groups is 1. The van der Waals surface area contributed by atoms with Crippen LogP contribution in [0.25, 0.3) is 11.0 Å². The Morgan fingerprint density at radius 3 is 2.70 bits per heavy atom. The number of amides is 1. The van der Waals surface area contributed by atoms with Crippen LogP contribution in [-0.2, 0) is 11.8 Å². The number of aromatic nitrogens is 4. The zero-order valence-corrected chi connectivity index (χ0v) is 16.2. The van der Waals surface area contributed by atoms with Gasteiger partial charge in [-0.3, -0.25) is 4.79 Å². The summed E-state index contributed by atoms with van der Waals surface area (Å²) in [5.74, 6) is 1.01. The fourth-order valence-electron chi connectivity index (χ4n) is 2.92. The molecule has 2 aromatic carbocycles. The quantitative estimate of drug-likeness (QED) is 0.507. The first-order chi connectivity index (χ1) is 13.2. The Balaban J connectivity index is 1.63. The van der Waals surface area contributed by atoms with E-state index in [1.165, 1.54) is 23.1 Å². The number of thioether (sulfide) groups is 1. The number of hydrogen-bond acceptors (Lipinski definition) is 6. The Bertz CT molecular complexity index is 1050. The average molecular weight is 396 g/mol. The number of hydrogen-bond donors (Lipinski definition) is 1. The van der Waals surface area contributed by atoms with Crippen LogP contribution in [0.5, 0.6) is 0 Å². The van der Waals surface area contributed by atoms with Crippen molar-refractivity contribution in [2.75, 3.05) is 5.75 Å². The van der Waals surface area contributed by atoms with Crippen molar-refractivity contribution >= 4 is 40.0 Å². The van der Waals surface area contributed by atoms with Crippen molar-refractivity contribution in [1.29, 1.82) is 0 Å². The Morgan fingerprint density at radius 1 is 1.19 bits per heavy atom. The van der Waals surface area contributed by atoms with E-state index < -0.39 is 0 Å². The maximum absolute atomic E-state index is 12.6. The van der Waals surface area contributed by atoms with E-state index in [9.17, 15) is 4.79 Å². The zero-order valence-electron chi connectivity index (χ0n) is 14.6. The molecule has 27 heavy (non-hydrogen) atoms. The molecule has 2 heterocycles. The maximum Gasteiger partial charge on any atom is 0.231 e. The molecule has 136 valence electrons. The van der Waals surface area contributed by atoms with Crippen LogP contribution in [0.4, 0.5) is 0 Å². The molecule has 0 radical (unpaired) electrons. The first kappa shape index (κ1) is 17.7. The van der Waals surface area contributed by atoms with Gasteiger partial charge in [-0.15, -0.1) is 10.2 Å². The molecule has 4 rings (SSSR count). The van der Waals surface area contributed by atoms with Gasteiger partial charge in [0.2, 0.25) is 5.91 Å². The summed E-state index contributed by atoms with van der Waals surface area (Å²) in [7, 11) is 1.97. The molecule has 0 bridgehead atoms. The molecule has 1 N–H and O–H groups in total. The second-order valence-electron chi connectivity index (χ2n) is 5.92. The number of nitrogens with zero attached hydrogens (tertiary/aromatic N) is 4. The Morgan fingerprint density at radius 2 is 1.96 bits per heavy atom. The number of aryl methyl sites for hydroxylation is 1. The molecular weight excluding hydrogens is 378 g/mol. The Kier molecular flexibility index (Phi) is 5.17. The number of rotatable bonds is 6. The van der Waals surface area contributed by atoms with E-state index in [-0.39, 0.29) is 17.7 Å². The lowest BCUT2D eigenvalue weighted by molar-refractivity contribution is -0.119. The number of carbonyl (C=O) groups excluding carboxylic acids is 1. The Hall–Kier alpha value is -2.71. The van der Waals surface area contributed by atoms with Gasteiger partial charge >= 0.3 is 0 Å². The van der Waals surface area contributed by atoms with Gasteiger partial charge in [-0.1, -0.05) is 65.6 Å². The molecular formula is C19H17N5OS2. The fraction of sp³-hybridized carbons (Fsp3) is 0.158. The van der Waals surface area contributed by atoms with Crippen LogP contribution in [0.1, 0.15) is 17.4 Å². The van der Waals surface area contributed by atoms with E-state index in [0.717, 1.165) is 26.8 Å². The van der Waals surface area contributed by atoms with Gasteiger partial charge in [0.25, 0.3) is 0 Å². The van der Waals surface area contributed by atoms with E-state index in [4.69, 9.17) is 4.98 Å². The van der Waals surface area contributed by atoms with E-state index in [2.05, 4.69) is 15.5 Å². The summed E-state index contributed by atoms with van der Waals surface area (Å²) in [6.45, 7) is 0. The number of fused-ring (bicyclic) bond motifs is 1. The smallest absolute Gasteiger partial charge is 0.231 e. The third kappa shape index (κ3) is 3.86. The molecule has 6 nitrogen and oxygen atoms in total. The Labute approximate surface area is 164 Å². The molecule has 0 aliphatic carbocycles. The van der Waals surface area contributed by atoms with Crippen LogP contribution in [0, 0.1) is 0 Å². The van der Waals surface area contributed by atoms with Gasteiger partial charge in [-0.2, -0.15) is 0 Å². The fourth-order valence-corrected chi connectivity index (χ4v) is 4.22. The molecule has 0 aliphatic rings. The average Bonchev–Trinajstić information content (AvgIpc) is 3.34. The summed E-state index contributed by atoms with van der Waals surface area (Å²) in [5.41, 5.74) is 4.59. The minimum absolute atomic E-state index is 0.0730. The number of benzene rings is 2. The van der Waals surface area contributed by atoms with Crippen LogP contribution < -0.4 is 5.32 Å². The molecule has 0 saturated heterocycles. The lowest BCUT2D eigenvalue weighted by atomic mass is 10.1. The van der Waals surface area contributed by atoms with Gasteiger partial charge in [-0.05, 0) is 17.7 Å². The largest absolute Gasteiger partial charge is 0.341 e. The summed E-state index contributed by atoms with van der Waals surface area (Å²) in [5, 5.41) is 10.9. The molecule has 0 spiro atoms.